The summed E-state index contributed by atoms with van der Waals surface area (Å²) in [6, 6.07) is 65.2. The molecule has 0 fully saturated rings. The molecule has 0 radical (unpaired) electrons. The van der Waals surface area contributed by atoms with E-state index in [2.05, 4.69) is 152 Å². The predicted molar refractivity (Wildman–Crippen MR) is 198 cm³/mol. The predicted octanol–water partition coefficient (Wildman–Crippen LogP) is 11.5. The highest BCUT2D eigenvalue weighted by Crippen LogP contribution is 2.40. The molecular formula is C45H31N3. The van der Waals surface area contributed by atoms with Crippen LogP contribution in [0.5, 0.6) is 0 Å². The first-order valence-corrected chi connectivity index (χ1v) is 16.1. The zero-order chi connectivity index (χ0) is 32.1. The Morgan fingerprint density at radius 2 is 0.542 bits per heavy atom. The van der Waals surface area contributed by atoms with Gasteiger partial charge in [-0.3, -0.25) is 0 Å². The average molecular weight is 614 g/mol. The Morgan fingerprint density at radius 1 is 0.208 bits per heavy atom. The molecule has 7 aromatic carbocycles. The summed E-state index contributed by atoms with van der Waals surface area (Å²) in [5, 5.41) is 0. The van der Waals surface area contributed by atoms with E-state index in [1.807, 2.05) is 36.4 Å². The van der Waals surface area contributed by atoms with Gasteiger partial charge in [-0.1, -0.05) is 182 Å². The van der Waals surface area contributed by atoms with Crippen LogP contribution in [0.3, 0.4) is 0 Å². The smallest absolute Gasteiger partial charge is 0.164 e. The van der Waals surface area contributed by atoms with Gasteiger partial charge in [0, 0.05) is 16.7 Å². The Labute approximate surface area is 280 Å². The second-order valence-corrected chi connectivity index (χ2v) is 11.7. The van der Waals surface area contributed by atoms with E-state index in [4.69, 9.17) is 15.0 Å². The first-order valence-electron chi connectivity index (χ1n) is 16.1. The van der Waals surface area contributed by atoms with Gasteiger partial charge in [0.2, 0.25) is 0 Å². The normalized spacial score (nSPS) is 10.9. The van der Waals surface area contributed by atoms with Gasteiger partial charge in [-0.15, -0.1) is 0 Å². The van der Waals surface area contributed by atoms with E-state index in [1.165, 1.54) is 22.3 Å². The van der Waals surface area contributed by atoms with Crippen LogP contribution in [0.1, 0.15) is 0 Å². The fraction of sp³-hybridized carbons (Fsp3) is 0. The van der Waals surface area contributed by atoms with Crippen molar-refractivity contribution in [1.82, 2.24) is 15.0 Å². The average Bonchev–Trinajstić information content (AvgIpc) is 3.19. The molecule has 226 valence electrons. The SMILES string of the molecule is c1ccc(-c2ccc(-c3nc(-c4ccccc4)nc(-c4ccc(-c5ccccc5-c5ccccc5)c(-c5ccccc5)c4)n3)cc2)cc1. The summed E-state index contributed by atoms with van der Waals surface area (Å²) >= 11 is 0. The summed E-state index contributed by atoms with van der Waals surface area (Å²) in [4.78, 5) is 15.1. The third-order valence-electron chi connectivity index (χ3n) is 8.58. The molecule has 8 aromatic rings. The maximum Gasteiger partial charge on any atom is 0.164 e. The molecular weight excluding hydrogens is 583 g/mol. The lowest BCUT2D eigenvalue weighted by atomic mass is 9.88. The van der Waals surface area contributed by atoms with Crippen molar-refractivity contribution >= 4 is 0 Å². The van der Waals surface area contributed by atoms with Gasteiger partial charge >= 0.3 is 0 Å². The van der Waals surface area contributed by atoms with Crippen molar-refractivity contribution in [3.63, 3.8) is 0 Å². The van der Waals surface area contributed by atoms with Crippen LogP contribution in [0.2, 0.25) is 0 Å². The zero-order valence-electron chi connectivity index (χ0n) is 26.2. The van der Waals surface area contributed by atoms with Gasteiger partial charge in [0.15, 0.2) is 17.5 Å². The van der Waals surface area contributed by atoms with E-state index < -0.39 is 0 Å². The largest absolute Gasteiger partial charge is 0.208 e. The highest BCUT2D eigenvalue weighted by atomic mass is 15.0. The Bertz CT molecular complexity index is 2300. The van der Waals surface area contributed by atoms with Gasteiger partial charge in [0.05, 0.1) is 0 Å². The summed E-state index contributed by atoms with van der Waals surface area (Å²) in [6.45, 7) is 0. The van der Waals surface area contributed by atoms with Crippen LogP contribution in [0.15, 0.2) is 188 Å². The number of hydrogen-bond acceptors (Lipinski definition) is 3. The molecule has 3 nitrogen and oxygen atoms in total. The van der Waals surface area contributed by atoms with E-state index in [0.717, 1.165) is 38.9 Å². The van der Waals surface area contributed by atoms with Crippen molar-refractivity contribution in [2.75, 3.05) is 0 Å². The molecule has 0 aliphatic rings. The van der Waals surface area contributed by atoms with E-state index in [-0.39, 0.29) is 0 Å². The lowest BCUT2D eigenvalue weighted by Crippen LogP contribution is -2.00. The Kier molecular flexibility index (Phi) is 7.92. The van der Waals surface area contributed by atoms with Crippen molar-refractivity contribution in [1.29, 1.82) is 0 Å². The summed E-state index contributed by atoms with van der Waals surface area (Å²) in [6.07, 6.45) is 0. The third kappa shape index (κ3) is 5.93. The fourth-order valence-electron chi connectivity index (χ4n) is 6.15. The standard InChI is InChI=1S/C45H31N3/c1-5-15-32(16-6-1)33-25-27-37(28-26-33)44-46-43(36-21-11-4-12-22-36)47-45(48-44)38-29-30-41(42(31-38)35-19-9-3-10-20-35)40-24-14-13-23-39(40)34-17-7-2-8-18-34/h1-31H. The molecule has 0 aliphatic carbocycles. The van der Waals surface area contributed by atoms with Gasteiger partial charge in [-0.25, -0.2) is 15.0 Å². The van der Waals surface area contributed by atoms with Crippen molar-refractivity contribution in [2.24, 2.45) is 0 Å². The molecule has 0 aliphatic heterocycles. The third-order valence-corrected chi connectivity index (χ3v) is 8.58. The maximum atomic E-state index is 5.08. The van der Waals surface area contributed by atoms with Gasteiger partial charge in [0.25, 0.3) is 0 Å². The zero-order valence-corrected chi connectivity index (χ0v) is 26.2. The first kappa shape index (κ1) is 29.0. The van der Waals surface area contributed by atoms with Crippen LogP contribution in [0, 0.1) is 0 Å². The van der Waals surface area contributed by atoms with Crippen LogP contribution in [-0.2, 0) is 0 Å². The maximum absolute atomic E-state index is 5.08. The molecule has 3 heteroatoms. The molecule has 0 amide bonds. The molecule has 0 saturated carbocycles. The first-order chi connectivity index (χ1) is 23.8. The molecule has 0 N–H and O–H groups in total. The minimum absolute atomic E-state index is 0.631. The monoisotopic (exact) mass is 613 g/mol. The summed E-state index contributed by atoms with van der Waals surface area (Å²) < 4.78 is 0. The highest BCUT2D eigenvalue weighted by molar-refractivity contribution is 5.93. The minimum atomic E-state index is 0.631. The molecule has 8 rings (SSSR count). The van der Waals surface area contributed by atoms with Gasteiger partial charge in [-0.05, 0) is 50.6 Å². The molecule has 0 saturated heterocycles. The van der Waals surface area contributed by atoms with Crippen LogP contribution in [-0.4, -0.2) is 15.0 Å². The topological polar surface area (TPSA) is 38.7 Å². The molecule has 1 heterocycles. The lowest BCUT2D eigenvalue weighted by molar-refractivity contribution is 1.07. The molecule has 1 aromatic heterocycles. The highest BCUT2D eigenvalue weighted by Gasteiger charge is 2.17. The quantitative estimate of drug-likeness (QED) is 0.179. The number of rotatable bonds is 7. The second-order valence-electron chi connectivity index (χ2n) is 11.7. The number of benzene rings is 7. The number of aromatic nitrogens is 3. The van der Waals surface area contributed by atoms with Crippen LogP contribution in [0.4, 0.5) is 0 Å². The Balaban J connectivity index is 1.28. The molecule has 0 atom stereocenters. The summed E-state index contributed by atoms with van der Waals surface area (Å²) in [7, 11) is 0. The number of hydrogen-bond donors (Lipinski definition) is 0. The van der Waals surface area contributed by atoms with Gasteiger partial charge in [0.1, 0.15) is 0 Å². The Morgan fingerprint density at radius 3 is 1.10 bits per heavy atom. The second kappa shape index (κ2) is 13.1. The molecule has 0 bridgehead atoms. The molecule has 0 spiro atoms. The van der Waals surface area contributed by atoms with E-state index >= 15 is 0 Å². The summed E-state index contributed by atoms with van der Waals surface area (Å²) in [5.74, 6) is 1.91. The van der Waals surface area contributed by atoms with Crippen molar-refractivity contribution in [3.8, 4) is 78.7 Å². The molecule has 48 heavy (non-hydrogen) atoms. The number of nitrogens with zero attached hydrogens (tertiary/aromatic N) is 3. The van der Waals surface area contributed by atoms with Crippen LogP contribution in [0.25, 0.3) is 78.7 Å². The Hall–Kier alpha value is -6.45. The van der Waals surface area contributed by atoms with E-state index in [1.54, 1.807) is 0 Å². The minimum Gasteiger partial charge on any atom is -0.208 e. The van der Waals surface area contributed by atoms with Crippen LogP contribution >= 0.6 is 0 Å². The van der Waals surface area contributed by atoms with Crippen molar-refractivity contribution in [3.05, 3.63) is 188 Å². The van der Waals surface area contributed by atoms with Crippen molar-refractivity contribution < 1.29 is 0 Å². The molecule has 0 unspecified atom stereocenters. The van der Waals surface area contributed by atoms with Gasteiger partial charge in [-0.2, -0.15) is 0 Å². The summed E-state index contributed by atoms with van der Waals surface area (Å²) in [5.41, 5.74) is 12.1. The van der Waals surface area contributed by atoms with E-state index in [0.29, 0.717) is 17.5 Å². The fourth-order valence-corrected chi connectivity index (χ4v) is 6.15. The lowest BCUT2D eigenvalue weighted by Gasteiger charge is -2.16. The van der Waals surface area contributed by atoms with Crippen molar-refractivity contribution in [2.45, 2.75) is 0 Å². The van der Waals surface area contributed by atoms with Crippen LogP contribution < -0.4 is 0 Å². The van der Waals surface area contributed by atoms with E-state index in [9.17, 15) is 0 Å². The van der Waals surface area contributed by atoms with Gasteiger partial charge < -0.3 is 0 Å².